The van der Waals surface area contributed by atoms with E-state index < -0.39 is 0 Å². The van der Waals surface area contributed by atoms with E-state index in [4.69, 9.17) is 11.6 Å². The summed E-state index contributed by atoms with van der Waals surface area (Å²) in [5.41, 5.74) is 1.78. The van der Waals surface area contributed by atoms with Crippen LogP contribution in [0, 0.1) is 12.7 Å². The van der Waals surface area contributed by atoms with Gasteiger partial charge in [0.25, 0.3) is 0 Å². The Morgan fingerprint density at radius 1 is 1.22 bits per heavy atom. The lowest BCUT2D eigenvalue weighted by Gasteiger charge is -2.16. The van der Waals surface area contributed by atoms with Crippen molar-refractivity contribution in [1.82, 2.24) is 9.97 Å². The lowest BCUT2D eigenvalue weighted by Crippen LogP contribution is -2.09. The van der Waals surface area contributed by atoms with E-state index in [-0.39, 0.29) is 11.9 Å². The van der Waals surface area contributed by atoms with E-state index in [1.54, 1.807) is 12.1 Å². The third-order valence-electron chi connectivity index (χ3n) is 2.75. The fourth-order valence-corrected chi connectivity index (χ4v) is 1.75. The van der Waals surface area contributed by atoms with Crippen LogP contribution in [0.1, 0.15) is 24.1 Å². The number of hydrogen-bond donors (Lipinski definition) is 1. The number of benzene rings is 1. The summed E-state index contributed by atoms with van der Waals surface area (Å²) in [4.78, 5) is 8.04. The molecule has 3 nitrogen and oxygen atoms in total. The van der Waals surface area contributed by atoms with Gasteiger partial charge in [-0.05, 0) is 31.5 Å². The van der Waals surface area contributed by atoms with Crippen molar-refractivity contribution < 1.29 is 4.39 Å². The van der Waals surface area contributed by atoms with Crippen LogP contribution in [0.4, 0.5) is 10.2 Å². The molecule has 1 atom stereocenters. The monoisotopic (exact) mass is 265 g/mol. The van der Waals surface area contributed by atoms with Crippen molar-refractivity contribution in [3.8, 4) is 0 Å². The lowest BCUT2D eigenvalue weighted by molar-refractivity contribution is 0.626. The highest BCUT2D eigenvalue weighted by Gasteiger charge is 2.10. The fourth-order valence-electron chi connectivity index (χ4n) is 1.61. The second-order valence-electron chi connectivity index (χ2n) is 4.06. The molecule has 0 fully saturated rings. The van der Waals surface area contributed by atoms with Gasteiger partial charge in [0.05, 0.1) is 0 Å². The summed E-state index contributed by atoms with van der Waals surface area (Å²) >= 11 is 5.92. The third-order valence-corrected chi connectivity index (χ3v) is 3.13. The van der Waals surface area contributed by atoms with Crippen molar-refractivity contribution in [1.29, 1.82) is 0 Å². The molecule has 1 aromatic carbocycles. The highest BCUT2D eigenvalue weighted by atomic mass is 35.5. The van der Waals surface area contributed by atoms with Crippen LogP contribution in [0.25, 0.3) is 0 Å². The van der Waals surface area contributed by atoms with Crippen LogP contribution in [0.2, 0.25) is 5.15 Å². The topological polar surface area (TPSA) is 37.8 Å². The first-order chi connectivity index (χ1) is 8.58. The molecule has 0 amide bonds. The molecule has 5 heteroatoms. The molecule has 0 saturated heterocycles. The fraction of sp³-hybridized carbons (Fsp3) is 0.231. The molecular formula is C13H13ClFN3. The molecule has 0 bridgehead atoms. The summed E-state index contributed by atoms with van der Waals surface area (Å²) in [5, 5.41) is 3.66. The summed E-state index contributed by atoms with van der Waals surface area (Å²) in [6.07, 6.45) is 1.41. The van der Waals surface area contributed by atoms with Crippen molar-refractivity contribution in [2.75, 3.05) is 5.32 Å². The predicted octanol–water partition coefficient (Wildman–Crippen LogP) is 3.75. The molecule has 2 rings (SSSR count). The molecule has 1 aromatic heterocycles. The standard InChI is InChI=1S/C13H13ClFN3/c1-8-12(14)16-7-17-13(8)18-9(2)10-3-5-11(15)6-4-10/h3-7,9H,1-2H3,(H,16,17,18). The molecular weight excluding hydrogens is 253 g/mol. The zero-order valence-corrected chi connectivity index (χ0v) is 10.9. The smallest absolute Gasteiger partial charge is 0.137 e. The van der Waals surface area contributed by atoms with E-state index in [1.165, 1.54) is 18.5 Å². The molecule has 0 saturated carbocycles. The van der Waals surface area contributed by atoms with Gasteiger partial charge in [0.2, 0.25) is 0 Å². The Morgan fingerprint density at radius 2 is 1.89 bits per heavy atom. The summed E-state index contributed by atoms with van der Waals surface area (Å²) in [6.45, 7) is 3.82. The van der Waals surface area contributed by atoms with E-state index in [9.17, 15) is 4.39 Å². The second kappa shape index (κ2) is 5.31. The first-order valence-corrected chi connectivity index (χ1v) is 5.95. The molecule has 1 N–H and O–H groups in total. The minimum absolute atomic E-state index is 0.00951. The van der Waals surface area contributed by atoms with Crippen molar-refractivity contribution >= 4 is 17.4 Å². The third kappa shape index (κ3) is 2.76. The first-order valence-electron chi connectivity index (χ1n) is 5.57. The number of halogens is 2. The maximum absolute atomic E-state index is 12.8. The van der Waals surface area contributed by atoms with Gasteiger partial charge in [-0.3, -0.25) is 0 Å². The van der Waals surface area contributed by atoms with Crippen LogP contribution < -0.4 is 5.32 Å². The number of aromatic nitrogens is 2. The molecule has 18 heavy (non-hydrogen) atoms. The number of anilines is 1. The molecule has 1 heterocycles. The van der Waals surface area contributed by atoms with E-state index >= 15 is 0 Å². The Labute approximate surface area is 110 Å². The molecule has 0 aliphatic heterocycles. The average molecular weight is 266 g/mol. The minimum Gasteiger partial charge on any atom is -0.363 e. The van der Waals surface area contributed by atoms with Crippen LogP contribution in [0.15, 0.2) is 30.6 Å². The number of nitrogens with zero attached hydrogens (tertiary/aromatic N) is 2. The van der Waals surface area contributed by atoms with Gasteiger partial charge in [-0.1, -0.05) is 23.7 Å². The highest BCUT2D eigenvalue weighted by molar-refractivity contribution is 6.30. The Balaban J connectivity index is 2.18. The molecule has 2 aromatic rings. The lowest BCUT2D eigenvalue weighted by atomic mass is 10.1. The van der Waals surface area contributed by atoms with E-state index in [1.807, 2.05) is 13.8 Å². The maximum Gasteiger partial charge on any atom is 0.137 e. The molecule has 1 unspecified atom stereocenters. The largest absolute Gasteiger partial charge is 0.363 e. The summed E-state index contributed by atoms with van der Waals surface area (Å²) in [6, 6.07) is 6.37. The van der Waals surface area contributed by atoms with Crippen LogP contribution in [0.3, 0.4) is 0 Å². The summed E-state index contributed by atoms with van der Waals surface area (Å²) in [5.74, 6) is 0.444. The van der Waals surface area contributed by atoms with E-state index in [2.05, 4.69) is 15.3 Å². The molecule has 0 aliphatic carbocycles. The van der Waals surface area contributed by atoms with Gasteiger partial charge in [0, 0.05) is 11.6 Å². The Bertz CT molecular complexity index is 542. The van der Waals surface area contributed by atoms with E-state index in [0.717, 1.165) is 11.1 Å². The zero-order valence-electron chi connectivity index (χ0n) is 10.1. The van der Waals surface area contributed by atoms with Crippen molar-refractivity contribution in [2.24, 2.45) is 0 Å². The normalized spacial score (nSPS) is 12.2. The molecule has 0 aliphatic rings. The predicted molar refractivity (Wildman–Crippen MR) is 70.2 cm³/mol. The van der Waals surface area contributed by atoms with Crippen LogP contribution in [-0.2, 0) is 0 Å². The van der Waals surface area contributed by atoms with Gasteiger partial charge < -0.3 is 5.32 Å². The van der Waals surface area contributed by atoms with E-state index in [0.29, 0.717) is 11.0 Å². The SMILES string of the molecule is Cc1c(Cl)ncnc1NC(C)c1ccc(F)cc1. The first kappa shape index (κ1) is 12.8. The zero-order chi connectivity index (χ0) is 13.1. The number of nitrogens with one attached hydrogen (secondary N) is 1. The molecule has 0 radical (unpaired) electrons. The minimum atomic E-state index is -0.243. The van der Waals surface area contributed by atoms with Gasteiger partial charge in [0.1, 0.15) is 23.1 Å². The van der Waals surface area contributed by atoms with Crippen LogP contribution >= 0.6 is 11.6 Å². The summed E-state index contributed by atoms with van der Waals surface area (Å²) in [7, 11) is 0. The maximum atomic E-state index is 12.8. The van der Waals surface area contributed by atoms with Crippen molar-refractivity contribution in [3.05, 3.63) is 52.7 Å². The highest BCUT2D eigenvalue weighted by Crippen LogP contribution is 2.23. The summed E-state index contributed by atoms with van der Waals surface area (Å²) < 4.78 is 12.8. The Morgan fingerprint density at radius 3 is 2.56 bits per heavy atom. The number of hydrogen-bond acceptors (Lipinski definition) is 3. The average Bonchev–Trinajstić information content (AvgIpc) is 2.36. The molecule has 94 valence electrons. The van der Waals surface area contributed by atoms with Crippen molar-refractivity contribution in [3.63, 3.8) is 0 Å². The van der Waals surface area contributed by atoms with Gasteiger partial charge in [0.15, 0.2) is 0 Å². The quantitative estimate of drug-likeness (QED) is 0.859. The number of rotatable bonds is 3. The van der Waals surface area contributed by atoms with Crippen LogP contribution in [-0.4, -0.2) is 9.97 Å². The van der Waals surface area contributed by atoms with Crippen LogP contribution in [0.5, 0.6) is 0 Å². The molecule has 0 spiro atoms. The van der Waals surface area contributed by atoms with Crippen molar-refractivity contribution in [2.45, 2.75) is 19.9 Å². The second-order valence-corrected chi connectivity index (χ2v) is 4.41. The van der Waals surface area contributed by atoms with Gasteiger partial charge >= 0.3 is 0 Å². The van der Waals surface area contributed by atoms with Gasteiger partial charge in [-0.25, -0.2) is 14.4 Å². The van der Waals surface area contributed by atoms with Gasteiger partial charge in [-0.15, -0.1) is 0 Å². The Kier molecular flexibility index (Phi) is 3.77. The van der Waals surface area contributed by atoms with Gasteiger partial charge in [-0.2, -0.15) is 0 Å². The Hall–Kier alpha value is -1.68.